The third-order valence-electron chi connectivity index (χ3n) is 3.65. The van der Waals surface area contributed by atoms with E-state index in [1.54, 1.807) is 21.6 Å². The molecule has 4 rings (SSSR count). The molecule has 0 saturated carbocycles. The molecular formula is C14H16N6O. The van der Waals surface area contributed by atoms with Crippen molar-refractivity contribution < 1.29 is 4.74 Å². The fraction of sp³-hybridized carbons (Fsp3) is 0.357. The molecule has 108 valence electrons. The Morgan fingerprint density at radius 1 is 1.33 bits per heavy atom. The monoisotopic (exact) mass is 284 g/mol. The van der Waals surface area contributed by atoms with Gasteiger partial charge >= 0.3 is 0 Å². The molecule has 1 atom stereocenters. The van der Waals surface area contributed by atoms with Crippen LogP contribution in [0.5, 0.6) is 5.88 Å². The van der Waals surface area contributed by atoms with E-state index < -0.39 is 0 Å². The molecule has 0 unspecified atom stereocenters. The highest BCUT2D eigenvalue weighted by molar-refractivity contribution is 5.63. The molecule has 21 heavy (non-hydrogen) atoms. The number of rotatable bonds is 3. The molecule has 7 nitrogen and oxygen atoms in total. The molecule has 1 aliphatic rings. The van der Waals surface area contributed by atoms with Crippen LogP contribution in [0.1, 0.15) is 6.42 Å². The summed E-state index contributed by atoms with van der Waals surface area (Å²) in [5, 5.41) is 11.8. The zero-order chi connectivity index (χ0) is 14.2. The van der Waals surface area contributed by atoms with E-state index in [0.717, 1.165) is 36.3 Å². The fourth-order valence-electron chi connectivity index (χ4n) is 2.56. The van der Waals surface area contributed by atoms with Crippen molar-refractivity contribution in [2.24, 2.45) is 7.05 Å². The standard InChI is InChI=1S/C14H16N6O/c1-19-8-10(6-17-19)12-9-20-13(3-5-16-20)14(18-12)21-11-2-4-15-7-11/h3,5-6,8-9,11,15H,2,4,7H2,1H3/t11-/m1/s1. The molecule has 0 radical (unpaired) electrons. The lowest BCUT2D eigenvalue weighted by atomic mass is 10.2. The van der Waals surface area contributed by atoms with E-state index in [1.807, 2.05) is 25.5 Å². The van der Waals surface area contributed by atoms with Crippen LogP contribution in [0.25, 0.3) is 16.8 Å². The molecule has 1 N–H and O–H groups in total. The smallest absolute Gasteiger partial charge is 0.241 e. The molecule has 1 saturated heterocycles. The number of hydrogen-bond acceptors (Lipinski definition) is 5. The first kappa shape index (κ1) is 12.3. The lowest BCUT2D eigenvalue weighted by Crippen LogP contribution is -2.20. The first-order valence-electron chi connectivity index (χ1n) is 7.00. The first-order valence-corrected chi connectivity index (χ1v) is 7.00. The van der Waals surface area contributed by atoms with E-state index in [1.165, 1.54) is 0 Å². The second-order valence-electron chi connectivity index (χ2n) is 5.23. The third kappa shape index (κ3) is 2.25. The van der Waals surface area contributed by atoms with Gasteiger partial charge in [-0.2, -0.15) is 10.2 Å². The summed E-state index contributed by atoms with van der Waals surface area (Å²) in [7, 11) is 1.89. The summed E-state index contributed by atoms with van der Waals surface area (Å²) in [5.74, 6) is 0.627. The van der Waals surface area contributed by atoms with E-state index in [9.17, 15) is 0 Å². The van der Waals surface area contributed by atoms with E-state index in [-0.39, 0.29) is 6.10 Å². The van der Waals surface area contributed by atoms with E-state index in [2.05, 4.69) is 20.5 Å². The second-order valence-corrected chi connectivity index (χ2v) is 5.23. The van der Waals surface area contributed by atoms with Gasteiger partial charge in [-0.1, -0.05) is 0 Å². The minimum absolute atomic E-state index is 0.167. The average molecular weight is 284 g/mol. The van der Waals surface area contributed by atoms with Gasteiger partial charge in [-0.3, -0.25) is 4.68 Å². The van der Waals surface area contributed by atoms with Crippen LogP contribution in [0.15, 0.2) is 30.9 Å². The van der Waals surface area contributed by atoms with Crippen LogP contribution < -0.4 is 10.1 Å². The summed E-state index contributed by atoms with van der Waals surface area (Å²) in [6.07, 6.45) is 8.53. The molecule has 3 aromatic rings. The molecule has 7 heteroatoms. The van der Waals surface area contributed by atoms with Gasteiger partial charge in [0.25, 0.3) is 0 Å². The molecule has 4 heterocycles. The topological polar surface area (TPSA) is 69.3 Å². The van der Waals surface area contributed by atoms with Crippen molar-refractivity contribution in [2.75, 3.05) is 13.1 Å². The van der Waals surface area contributed by atoms with Crippen molar-refractivity contribution in [3.05, 3.63) is 30.9 Å². The SMILES string of the molecule is Cn1cc(-c2cn3nccc3c(O[C@@H]3CCNC3)n2)cn1. The Balaban J connectivity index is 1.78. The quantitative estimate of drug-likeness (QED) is 0.773. The van der Waals surface area contributed by atoms with Crippen molar-refractivity contribution in [1.29, 1.82) is 0 Å². The van der Waals surface area contributed by atoms with Crippen LogP contribution in [-0.4, -0.2) is 43.6 Å². The fourth-order valence-corrected chi connectivity index (χ4v) is 2.56. The molecular weight excluding hydrogens is 268 g/mol. The van der Waals surface area contributed by atoms with Crippen LogP contribution >= 0.6 is 0 Å². The number of fused-ring (bicyclic) bond motifs is 1. The molecule has 0 spiro atoms. The lowest BCUT2D eigenvalue weighted by molar-refractivity contribution is 0.216. The minimum atomic E-state index is 0.167. The van der Waals surface area contributed by atoms with Gasteiger partial charge in [0.1, 0.15) is 11.6 Å². The number of nitrogens with one attached hydrogen (secondary N) is 1. The molecule has 0 amide bonds. The Morgan fingerprint density at radius 3 is 3.05 bits per heavy atom. The molecule has 0 bridgehead atoms. The van der Waals surface area contributed by atoms with Gasteiger partial charge in [-0.25, -0.2) is 9.50 Å². The van der Waals surface area contributed by atoms with Gasteiger partial charge in [-0.15, -0.1) is 0 Å². The minimum Gasteiger partial charge on any atom is -0.471 e. The molecule has 0 aliphatic carbocycles. The van der Waals surface area contributed by atoms with Gasteiger partial charge in [-0.05, 0) is 19.0 Å². The van der Waals surface area contributed by atoms with Crippen LogP contribution in [0, 0.1) is 0 Å². The molecule has 3 aromatic heterocycles. The van der Waals surface area contributed by atoms with Crippen LogP contribution in [-0.2, 0) is 7.05 Å². The number of aromatic nitrogens is 5. The number of aryl methyl sites for hydroxylation is 1. The molecule has 1 fully saturated rings. The van der Waals surface area contributed by atoms with Gasteiger partial charge in [0.05, 0.1) is 24.3 Å². The maximum absolute atomic E-state index is 6.05. The summed E-state index contributed by atoms with van der Waals surface area (Å²) in [4.78, 5) is 4.66. The van der Waals surface area contributed by atoms with Crippen molar-refractivity contribution in [1.82, 2.24) is 29.7 Å². The van der Waals surface area contributed by atoms with Gasteiger partial charge in [0.15, 0.2) is 0 Å². The van der Waals surface area contributed by atoms with E-state index in [0.29, 0.717) is 5.88 Å². The first-order chi connectivity index (χ1) is 10.3. The molecule has 1 aliphatic heterocycles. The van der Waals surface area contributed by atoms with Gasteiger partial charge in [0, 0.05) is 25.4 Å². The van der Waals surface area contributed by atoms with Crippen molar-refractivity contribution in [3.63, 3.8) is 0 Å². The van der Waals surface area contributed by atoms with Crippen LogP contribution in [0.2, 0.25) is 0 Å². The Morgan fingerprint density at radius 2 is 2.29 bits per heavy atom. The largest absolute Gasteiger partial charge is 0.471 e. The zero-order valence-electron chi connectivity index (χ0n) is 11.7. The third-order valence-corrected chi connectivity index (χ3v) is 3.65. The predicted octanol–water partition coefficient (Wildman–Crippen LogP) is 0.870. The predicted molar refractivity (Wildman–Crippen MR) is 77.1 cm³/mol. The normalized spacial score (nSPS) is 18.4. The van der Waals surface area contributed by atoms with Gasteiger partial charge < -0.3 is 10.1 Å². The van der Waals surface area contributed by atoms with E-state index in [4.69, 9.17) is 4.74 Å². The summed E-state index contributed by atoms with van der Waals surface area (Å²) in [5.41, 5.74) is 2.64. The zero-order valence-corrected chi connectivity index (χ0v) is 11.7. The van der Waals surface area contributed by atoms with Crippen molar-refractivity contribution >= 4 is 5.52 Å². The van der Waals surface area contributed by atoms with Crippen molar-refractivity contribution in [2.45, 2.75) is 12.5 Å². The average Bonchev–Trinajstić information content (AvgIpc) is 3.18. The second kappa shape index (κ2) is 4.85. The Kier molecular flexibility index (Phi) is 2.85. The summed E-state index contributed by atoms with van der Waals surface area (Å²) < 4.78 is 9.61. The maximum atomic E-state index is 6.05. The number of hydrogen-bond donors (Lipinski definition) is 1. The Bertz CT molecular complexity index is 771. The Hall–Kier alpha value is -2.41. The van der Waals surface area contributed by atoms with Crippen LogP contribution in [0.3, 0.4) is 0 Å². The highest BCUT2D eigenvalue weighted by atomic mass is 16.5. The van der Waals surface area contributed by atoms with Crippen molar-refractivity contribution in [3.8, 4) is 17.1 Å². The molecule has 0 aromatic carbocycles. The Labute approximate surface area is 121 Å². The number of ether oxygens (including phenoxy) is 1. The summed E-state index contributed by atoms with van der Waals surface area (Å²) in [6.45, 7) is 1.85. The highest BCUT2D eigenvalue weighted by Gasteiger charge is 2.19. The van der Waals surface area contributed by atoms with E-state index >= 15 is 0 Å². The highest BCUT2D eigenvalue weighted by Crippen LogP contribution is 2.25. The lowest BCUT2D eigenvalue weighted by Gasteiger charge is -2.13. The maximum Gasteiger partial charge on any atom is 0.241 e. The number of nitrogens with zero attached hydrogens (tertiary/aromatic N) is 5. The van der Waals surface area contributed by atoms with Crippen LogP contribution in [0.4, 0.5) is 0 Å². The van der Waals surface area contributed by atoms with Gasteiger partial charge in [0.2, 0.25) is 5.88 Å². The summed E-state index contributed by atoms with van der Waals surface area (Å²) in [6, 6.07) is 1.91. The summed E-state index contributed by atoms with van der Waals surface area (Å²) >= 11 is 0.